The number of benzene rings is 2. The molecule has 0 atom stereocenters. The molecule has 1 fully saturated rings. The maximum Gasteiger partial charge on any atom is 0.269 e. The fourth-order valence-corrected chi connectivity index (χ4v) is 3.47. The van der Waals surface area contributed by atoms with Gasteiger partial charge in [0.25, 0.3) is 5.91 Å². The molecule has 32 heavy (non-hydrogen) atoms. The molecule has 2 aromatic rings. The molecule has 8 nitrogen and oxygen atoms in total. The normalized spacial score (nSPS) is 13.2. The number of carbonyl (C=O) groups excluding carboxylic acids is 4. The Morgan fingerprint density at radius 2 is 1.66 bits per heavy atom. The van der Waals surface area contributed by atoms with Crippen molar-refractivity contribution in [1.82, 2.24) is 15.8 Å². The van der Waals surface area contributed by atoms with Gasteiger partial charge in [-0.15, -0.1) is 0 Å². The van der Waals surface area contributed by atoms with Gasteiger partial charge in [-0.25, -0.2) is 0 Å². The quantitative estimate of drug-likeness (QED) is 0.344. The van der Waals surface area contributed by atoms with E-state index in [1.807, 2.05) is 0 Å². The molecule has 1 aliphatic rings. The predicted octanol–water partition coefficient (Wildman–Crippen LogP) is 3.26. The number of hydrazine groups is 1. The SMILES string of the molecule is O=C(CCCOc1ccc(Cl)cc1Cl)NNC(=O)c1ccc(CN2C(=O)CCC2=O)cc1. The predicted molar refractivity (Wildman–Crippen MR) is 118 cm³/mol. The van der Waals surface area contributed by atoms with Crippen molar-refractivity contribution in [2.75, 3.05) is 6.61 Å². The third-order valence-corrected chi connectivity index (χ3v) is 5.26. The fraction of sp³-hybridized carbons (Fsp3) is 0.273. The molecule has 0 spiro atoms. The Bertz CT molecular complexity index is 1010. The first-order chi connectivity index (χ1) is 15.3. The van der Waals surface area contributed by atoms with Crippen LogP contribution >= 0.6 is 23.2 Å². The average Bonchev–Trinajstić information content (AvgIpc) is 3.09. The number of hydrogen-bond donors (Lipinski definition) is 2. The Morgan fingerprint density at radius 3 is 2.31 bits per heavy atom. The van der Waals surface area contributed by atoms with Gasteiger partial charge in [-0.2, -0.15) is 0 Å². The summed E-state index contributed by atoms with van der Waals surface area (Å²) < 4.78 is 5.51. The van der Waals surface area contributed by atoms with E-state index in [9.17, 15) is 19.2 Å². The Balaban J connectivity index is 1.37. The van der Waals surface area contributed by atoms with E-state index in [4.69, 9.17) is 27.9 Å². The zero-order valence-corrected chi connectivity index (χ0v) is 18.5. The van der Waals surface area contributed by atoms with Gasteiger partial charge in [-0.3, -0.25) is 34.9 Å². The van der Waals surface area contributed by atoms with Gasteiger partial charge in [0, 0.05) is 29.8 Å². The van der Waals surface area contributed by atoms with Gasteiger partial charge < -0.3 is 4.74 Å². The van der Waals surface area contributed by atoms with Crippen LogP contribution in [0.25, 0.3) is 0 Å². The summed E-state index contributed by atoms with van der Waals surface area (Å²) in [6, 6.07) is 11.3. The first-order valence-corrected chi connectivity index (χ1v) is 10.7. The Kier molecular flexibility index (Phi) is 8.08. The third-order valence-electron chi connectivity index (χ3n) is 4.73. The molecule has 0 radical (unpaired) electrons. The number of halogens is 2. The summed E-state index contributed by atoms with van der Waals surface area (Å²) in [6.45, 7) is 0.450. The van der Waals surface area contributed by atoms with E-state index >= 15 is 0 Å². The van der Waals surface area contributed by atoms with Crippen LogP contribution in [0.3, 0.4) is 0 Å². The number of hydrogen-bond acceptors (Lipinski definition) is 5. The lowest BCUT2D eigenvalue weighted by molar-refractivity contribution is -0.139. The lowest BCUT2D eigenvalue weighted by Gasteiger charge is -2.14. The smallest absolute Gasteiger partial charge is 0.269 e. The molecule has 4 amide bonds. The van der Waals surface area contributed by atoms with E-state index in [1.54, 1.807) is 42.5 Å². The van der Waals surface area contributed by atoms with Crippen molar-refractivity contribution in [2.24, 2.45) is 0 Å². The number of likely N-dealkylation sites (tertiary alicyclic amines) is 1. The van der Waals surface area contributed by atoms with Crippen LogP contribution in [0.5, 0.6) is 5.75 Å². The molecular weight excluding hydrogens is 457 g/mol. The molecule has 1 saturated heterocycles. The van der Waals surface area contributed by atoms with Gasteiger partial charge in [0.1, 0.15) is 5.75 Å². The van der Waals surface area contributed by atoms with Crippen LogP contribution in [0, 0.1) is 0 Å². The topological polar surface area (TPSA) is 105 Å². The maximum atomic E-state index is 12.2. The second-order valence-corrected chi connectivity index (χ2v) is 7.94. The number of nitrogens with zero attached hydrogens (tertiary/aromatic N) is 1. The largest absolute Gasteiger partial charge is 0.492 e. The average molecular weight is 478 g/mol. The summed E-state index contributed by atoms with van der Waals surface area (Å²) in [4.78, 5) is 48.7. The minimum absolute atomic E-state index is 0.141. The van der Waals surface area contributed by atoms with Gasteiger partial charge in [0.15, 0.2) is 0 Å². The summed E-state index contributed by atoms with van der Waals surface area (Å²) in [5, 5.41) is 0.891. The highest BCUT2D eigenvalue weighted by molar-refractivity contribution is 6.35. The van der Waals surface area contributed by atoms with Gasteiger partial charge in [0.2, 0.25) is 17.7 Å². The van der Waals surface area contributed by atoms with Crippen molar-refractivity contribution >= 4 is 46.8 Å². The monoisotopic (exact) mass is 477 g/mol. The van der Waals surface area contributed by atoms with Crippen LogP contribution < -0.4 is 15.6 Å². The second-order valence-electron chi connectivity index (χ2n) is 7.10. The molecule has 0 aliphatic carbocycles. The molecule has 0 unspecified atom stereocenters. The Hall–Kier alpha value is -3.10. The molecule has 2 aromatic carbocycles. The van der Waals surface area contributed by atoms with Crippen molar-refractivity contribution in [3.63, 3.8) is 0 Å². The molecule has 1 heterocycles. The summed E-state index contributed by atoms with van der Waals surface area (Å²) in [5.41, 5.74) is 5.75. The summed E-state index contributed by atoms with van der Waals surface area (Å²) in [6.07, 6.45) is 1.03. The minimum Gasteiger partial charge on any atom is -0.492 e. The van der Waals surface area contributed by atoms with E-state index in [2.05, 4.69) is 10.9 Å². The number of ether oxygens (including phenoxy) is 1. The van der Waals surface area contributed by atoms with Crippen molar-refractivity contribution in [3.8, 4) is 5.75 Å². The van der Waals surface area contributed by atoms with Gasteiger partial charge in [-0.05, 0) is 42.3 Å². The molecule has 168 valence electrons. The standard InChI is InChI=1S/C22H21Cl2N3O5/c23-16-7-8-18(17(24)12-16)32-11-1-2-19(28)25-26-22(31)15-5-3-14(4-6-15)13-27-20(29)9-10-21(27)30/h3-8,12H,1-2,9-11,13H2,(H,25,28)(H,26,31). The second kappa shape index (κ2) is 11.0. The van der Waals surface area contributed by atoms with Crippen LogP contribution in [0.15, 0.2) is 42.5 Å². The molecule has 0 saturated carbocycles. The summed E-state index contributed by atoms with van der Waals surface area (Å²) >= 11 is 11.8. The summed E-state index contributed by atoms with van der Waals surface area (Å²) in [7, 11) is 0. The van der Waals surface area contributed by atoms with Crippen LogP contribution in [-0.2, 0) is 20.9 Å². The number of rotatable bonds is 8. The number of nitrogens with one attached hydrogen (secondary N) is 2. The Labute approximate surface area is 194 Å². The van der Waals surface area contributed by atoms with Gasteiger partial charge in [0.05, 0.1) is 18.2 Å². The summed E-state index contributed by atoms with van der Waals surface area (Å²) in [5.74, 6) is -0.761. The molecule has 0 aromatic heterocycles. The highest BCUT2D eigenvalue weighted by Gasteiger charge is 2.28. The molecule has 2 N–H and O–H groups in total. The zero-order valence-electron chi connectivity index (χ0n) is 17.0. The van der Waals surface area contributed by atoms with Crippen molar-refractivity contribution < 1.29 is 23.9 Å². The van der Waals surface area contributed by atoms with Crippen LogP contribution in [-0.4, -0.2) is 35.1 Å². The van der Waals surface area contributed by atoms with Crippen molar-refractivity contribution in [3.05, 3.63) is 63.6 Å². The van der Waals surface area contributed by atoms with Crippen molar-refractivity contribution in [1.29, 1.82) is 0 Å². The molecule has 10 heteroatoms. The number of carbonyl (C=O) groups is 4. The van der Waals surface area contributed by atoms with Crippen LogP contribution in [0.1, 0.15) is 41.6 Å². The third kappa shape index (κ3) is 6.45. The molecule has 0 bridgehead atoms. The lowest BCUT2D eigenvalue weighted by Crippen LogP contribution is -2.41. The molecular formula is C22H21Cl2N3O5. The van der Waals surface area contributed by atoms with E-state index < -0.39 is 5.91 Å². The minimum atomic E-state index is -0.484. The van der Waals surface area contributed by atoms with Crippen LogP contribution in [0.4, 0.5) is 0 Å². The number of imide groups is 1. The van der Waals surface area contributed by atoms with E-state index in [1.165, 1.54) is 4.90 Å². The highest BCUT2D eigenvalue weighted by Crippen LogP contribution is 2.27. The first kappa shape index (κ1) is 23.6. The van der Waals surface area contributed by atoms with Gasteiger partial charge >= 0.3 is 0 Å². The fourth-order valence-electron chi connectivity index (χ4n) is 3.01. The van der Waals surface area contributed by atoms with Crippen LogP contribution in [0.2, 0.25) is 10.0 Å². The zero-order chi connectivity index (χ0) is 23.1. The number of amides is 4. The molecule has 1 aliphatic heterocycles. The Morgan fingerprint density at radius 1 is 0.969 bits per heavy atom. The van der Waals surface area contributed by atoms with Crippen molar-refractivity contribution in [2.45, 2.75) is 32.2 Å². The first-order valence-electron chi connectivity index (χ1n) is 9.92. The highest BCUT2D eigenvalue weighted by atomic mass is 35.5. The van der Waals surface area contributed by atoms with Gasteiger partial charge in [-0.1, -0.05) is 35.3 Å². The lowest BCUT2D eigenvalue weighted by atomic mass is 10.1. The van der Waals surface area contributed by atoms with E-state index in [-0.39, 0.29) is 50.1 Å². The van der Waals surface area contributed by atoms with E-state index in [0.29, 0.717) is 27.8 Å². The maximum absolute atomic E-state index is 12.2. The molecule has 3 rings (SSSR count). The van der Waals surface area contributed by atoms with E-state index in [0.717, 1.165) is 5.56 Å².